The van der Waals surface area contributed by atoms with Crippen molar-refractivity contribution in [3.63, 3.8) is 0 Å². The van der Waals surface area contributed by atoms with Gasteiger partial charge in [0.25, 0.3) is 6.43 Å². The number of nitrogens with zero attached hydrogens (tertiary/aromatic N) is 3. The van der Waals surface area contributed by atoms with Gasteiger partial charge in [0.2, 0.25) is 0 Å². The van der Waals surface area contributed by atoms with Crippen molar-refractivity contribution in [2.45, 2.75) is 13.3 Å². The topological polar surface area (TPSA) is 86.5 Å². The van der Waals surface area contributed by atoms with Crippen molar-refractivity contribution in [3.05, 3.63) is 65.4 Å². The number of fused-ring (bicyclic) bond motifs is 1. The SMILES string of the molecule is COc1ccc(-c2cc(C(F)F)c3c(C)nn(-c4ccc(C(=O)O)cc4)c3n2)cc1OC. The second-order valence-corrected chi connectivity index (χ2v) is 7.02. The number of carboxylic acid groups (broad SMARTS) is 1. The van der Waals surface area contributed by atoms with Gasteiger partial charge >= 0.3 is 5.97 Å². The van der Waals surface area contributed by atoms with E-state index in [1.54, 1.807) is 37.3 Å². The van der Waals surface area contributed by atoms with Gasteiger partial charge in [-0.3, -0.25) is 0 Å². The Bertz CT molecular complexity index is 1320. The Balaban J connectivity index is 1.95. The molecule has 0 fully saturated rings. The molecule has 0 radical (unpaired) electrons. The number of carboxylic acids is 1. The number of hydrogen-bond acceptors (Lipinski definition) is 5. The molecule has 164 valence electrons. The van der Waals surface area contributed by atoms with Gasteiger partial charge in [-0.15, -0.1) is 0 Å². The summed E-state index contributed by atoms with van der Waals surface area (Å²) >= 11 is 0. The van der Waals surface area contributed by atoms with Crippen molar-refractivity contribution in [1.82, 2.24) is 14.8 Å². The molecule has 0 aliphatic carbocycles. The average Bonchev–Trinajstić information content (AvgIpc) is 3.14. The second-order valence-electron chi connectivity index (χ2n) is 7.02. The molecule has 2 aromatic carbocycles. The van der Waals surface area contributed by atoms with Crippen LogP contribution < -0.4 is 9.47 Å². The summed E-state index contributed by atoms with van der Waals surface area (Å²) in [5.41, 5.74) is 1.94. The Labute approximate surface area is 181 Å². The van der Waals surface area contributed by atoms with E-state index in [4.69, 9.17) is 14.6 Å². The van der Waals surface area contributed by atoms with E-state index in [2.05, 4.69) is 10.1 Å². The van der Waals surface area contributed by atoms with E-state index in [-0.39, 0.29) is 22.2 Å². The molecule has 0 saturated heterocycles. The number of carbonyl (C=O) groups is 1. The van der Waals surface area contributed by atoms with Gasteiger partial charge in [0.05, 0.1) is 42.2 Å². The molecule has 2 aromatic heterocycles. The molecule has 4 rings (SSSR count). The molecule has 0 saturated carbocycles. The maximum atomic E-state index is 14.0. The van der Waals surface area contributed by atoms with Gasteiger partial charge in [-0.25, -0.2) is 23.2 Å². The van der Waals surface area contributed by atoms with E-state index >= 15 is 0 Å². The molecule has 0 bridgehead atoms. The van der Waals surface area contributed by atoms with Gasteiger partial charge < -0.3 is 14.6 Å². The molecule has 0 unspecified atom stereocenters. The lowest BCUT2D eigenvalue weighted by Crippen LogP contribution is -2.01. The minimum atomic E-state index is -2.75. The zero-order valence-electron chi connectivity index (χ0n) is 17.5. The van der Waals surface area contributed by atoms with Crippen LogP contribution in [0.15, 0.2) is 48.5 Å². The number of halogens is 2. The zero-order chi connectivity index (χ0) is 23.0. The van der Waals surface area contributed by atoms with Crippen LogP contribution in [-0.2, 0) is 0 Å². The first kappa shape index (κ1) is 21.2. The molecule has 0 atom stereocenters. The summed E-state index contributed by atoms with van der Waals surface area (Å²) in [6, 6.07) is 12.4. The molecule has 32 heavy (non-hydrogen) atoms. The van der Waals surface area contributed by atoms with E-state index < -0.39 is 12.4 Å². The highest BCUT2D eigenvalue weighted by molar-refractivity contribution is 5.89. The van der Waals surface area contributed by atoms with Gasteiger partial charge in [0, 0.05) is 11.1 Å². The lowest BCUT2D eigenvalue weighted by atomic mass is 10.1. The maximum absolute atomic E-state index is 14.0. The Morgan fingerprint density at radius 1 is 1.03 bits per heavy atom. The van der Waals surface area contributed by atoms with Crippen LogP contribution >= 0.6 is 0 Å². The van der Waals surface area contributed by atoms with E-state index in [1.165, 1.54) is 37.1 Å². The minimum Gasteiger partial charge on any atom is -0.493 e. The third kappa shape index (κ3) is 3.62. The fourth-order valence-electron chi connectivity index (χ4n) is 3.56. The van der Waals surface area contributed by atoms with Crippen LogP contribution in [0.4, 0.5) is 8.78 Å². The highest BCUT2D eigenvalue weighted by Gasteiger charge is 2.22. The predicted octanol–water partition coefficient (Wildman–Crippen LogP) is 5.05. The molecular formula is C23H19F2N3O4. The highest BCUT2D eigenvalue weighted by Crippen LogP contribution is 2.36. The summed E-state index contributed by atoms with van der Waals surface area (Å²) in [6.45, 7) is 1.63. The number of rotatable bonds is 6. The quantitative estimate of drug-likeness (QED) is 0.453. The van der Waals surface area contributed by atoms with Crippen molar-refractivity contribution in [3.8, 4) is 28.4 Å². The van der Waals surface area contributed by atoms with E-state index in [0.29, 0.717) is 34.1 Å². The lowest BCUT2D eigenvalue weighted by molar-refractivity contribution is 0.0697. The normalized spacial score (nSPS) is 11.2. The van der Waals surface area contributed by atoms with Crippen molar-refractivity contribution < 1.29 is 28.2 Å². The number of pyridine rings is 1. The predicted molar refractivity (Wildman–Crippen MR) is 114 cm³/mol. The van der Waals surface area contributed by atoms with E-state index in [0.717, 1.165) is 0 Å². The smallest absolute Gasteiger partial charge is 0.335 e. The number of aryl methyl sites for hydroxylation is 1. The fourth-order valence-corrected chi connectivity index (χ4v) is 3.56. The van der Waals surface area contributed by atoms with E-state index in [9.17, 15) is 13.6 Å². The fraction of sp³-hybridized carbons (Fsp3) is 0.174. The number of benzene rings is 2. The van der Waals surface area contributed by atoms with Crippen LogP contribution in [0.3, 0.4) is 0 Å². The zero-order valence-corrected chi connectivity index (χ0v) is 17.5. The first-order chi connectivity index (χ1) is 15.3. The molecule has 9 heteroatoms. The molecule has 7 nitrogen and oxygen atoms in total. The van der Waals surface area contributed by atoms with Gasteiger partial charge in [-0.2, -0.15) is 5.10 Å². The van der Waals surface area contributed by atoms with Gasteiger partial charge in [0.15, 0.2) is 17.1 Å². The highest BCUT2D eigenvalue weighted by atomic mass is 19.3. The minimum absolute atomic E-state index is 0.106. The molecule has 2 heterocycles. The standard InChI is InChI=1S/C23H19F2N3O4/c1-12-20-16(21(24)25)11-17(14-6-9-18(31-2)19(10-14)32-3)26-22(20)28(27-12)15-7-4-13(5-8-15)23(29)30/h4-11,21H,1-3H3,(H,29,30). The third-order valence-electron chi connectivity index (χ3n) is 5.12. The molecule has 1 N–H and O–H groups in total. The first-order valence-electron chi connectivity index (χ1n) is 9.58. The molecule has 0 spiro atoms. The van der Waals surface area contributed by atoms with Gasteiger partial charge in [-0.1, -0.05) is 0 Å². The van der Waals surface area contributed by atoms with Crippen molar-refractivity contribution >= 4 is 17.0 Å². The largest absolute Gasteiger partial charge is 0.493 e. The van der Waals surface area contributed by atoms with Crippen molar-refractivity contribution in [2.75, 3.05) is 14.2 Å². The molecule has 0 aliphatic rings. The summed E-state index contributed by atoms with van der Waals surface area (Å²) in [5, 5.41) is 13.8. The van der Waals surface area contributed by atoms with E-state index in [1.807, 2.05) is 0 Å². The molecular weight excluding hydrogens is 420 g/mol. The summed E-state index contributed by atoms with van der Waals surface area (Å²) in [4.78, 5) is 15.8. The number of aromatic carboxylic acids is 1. The summed E-state index contributed by atoms with van der Waals surface area (Å²) in [7, 11) is 3.00. The van der Waals surface area contributed by atoms with Crippen molar-refractivity contribution in [2.24, 2.45) is 0 Å². The molecule has 4 aromatic rings. The van der Waals surface area contributed by atoms with Crippen LogP contribution in [-0.4, -0.2) is 40.1 Å². The third-order valence-corrected chi connectivity index (χ3v) is 5.12. The number of aromatic nitrogens is 3. The number of methoxy groups -OCH3 is 2. The average molecular weight is 439 g/mol. The van der Waals surface area contributed by atoms with Gasteiger partial charge in [-0.05, 0) is 55.5 Å². The second kappa shape index (κ2) is 8.26. The number of ether oxygens (including phenoxy) is 2. The summed E-state index contributed by atoms with van der Waals surface area (Å²) < 4.78 is 40.0. The van der Waals surface area contributed by atoms with Gasteiger partial charge in [0.1, 0.15) is 0 Å². The first-order valence-corrected chi connectivity index (χ1v) is 9.58. The summed E-state index contributed by atoms with van der Waals surface area (Å²) in [6.07, 6.45) is -2.75. The van der Waals surface area contributed by atoms with Crippen LogP contribution in [0.2, 0.25) is 0 Å². The molecule has 0 amide bonds. The van der Waals surface area contributed by atoms with Crippen molar-refractivity contribution in [1.29, 1.82) is 0 Å². The van der Waals surface area contributed by atoms with Crippen LogP contribution in [0.5, 0.6) is 11.5 Å². The number of hydrogen-bond donors (Lipinski definition) is 1. The van der Waals surface area contributed by atoms with Crippen LogP contribution in [0.25, 0.3) is 28.0 Å². The maximum Gasteiger partial charge on any atom is 0.335 e. The Morgan fingerprint density at radius 3 is 2.31 bits per heavy atom. The lowest BCUT2D eigenvalue weighted by Gasteiger charge is -2.12. The van der Waals surface area contributed by atoms with Crippen LogP contribution in [0.1, 0.15) is 28.0 Å². The summed E-state index contributed by atoms with van der Waals surface area (Å²) in [5.74, 6) is -0.114. The Kier molecular flexibility index (Phi) is 5.48. The Hall–Kier alpha value is -4.01. The molecule has 0 aliphatic heterocycles. The Morgan fingerprint density at radius 2 is 1.72 bits per heavy atom. The number of alkyl halides is 2. The monoisotopic (exact) mass is 439 g/mol. The van der Waals surface area contributed by atoms with Crippen LogP contribution in [0, 0.1) is 6.92 Å².